The van der Waals surface area contributed by atoms with Crippen LogP contribution in [0.2, 0.25) is 5.02 Å². The van der Waals surface area contributed by atoms with E-state index in [-0.39, 0.29) is 35.2 Å². The zero-order valence-electron chi connectivity index (χ0n) is 33.3. The Morgan fingerprint density at radius 2 is 1.67 bits per heavy atom. The van der Waals surface area contributed by atoms with Gasteiger partial charge in [0.2, 0.25) is 5.91 Å². The number of sulfonamides is 1. The molecule has 61 heavy (non-hydrogen) atoms. The summed E-state index contributed by atoms with van der Waals surface area (Å²) >= 11 is 6.16. The van der Waals surface area contributed by atoms with Crippen molar-refractivity contribution < 1.29 is 32.4 Å². The second-order valence-corrected chi connectivity index (χ2v) is 17.5. The number of carbonyl (C=O) groups excluding carboxylic acids is 2. The van der Waals surface area contributed by atoms with Crippen molar-refractivity contribution in [3.8, 4) is 22.6 Å². The van der Waals surface area contributed by atoms with E-state index in [1.165, 1.54) is 23.8 Å². The Kier molecular flexibility index (Phi) is 12.5. The van der Waals surface area contributed by atoms with Crippen LogP contribution in [0.3, 0.4) is 0 Å². The molecule has 0 atom stereocenters. The number of nitrogens with zero attached hydrogens (tertiary/aromatic N) is 3. The molecule has 5 aromatic rings. The number of halogens is 1. The van der Waals surface area contributed by atoms with Gasteiger partial charge in [-0.2, -0.15) is 0 Å². The summed E-state index contributed by atoms with van der Waals surface area (Å²) in [5.41, 5.74) is 5.25. The van der Waals surface area contributed by atoms with Gasteiger partial charge < -0.3 is 25.0 Å². The minimum atomic E-state index is -4.58. The molecule has 0 aromatic heterocycles. The molecule has 0 saturated carbocycles. The number of ether oxygens (including phenoxy) is 2. The van der Waals surface area contributed by atoms with Crippen LogP contribution >= 0.6 is 11.6 Å². The van der Waals surface area contributed by atoms with Crippen molar-refractivity contribution in [1.82, 2.24) is 9.62 Å². The number of nitro groups is 1. The maximum Gasteiger partial charge on any atom is 0.293 e. The van der Waals surface area contributed by atoms with Gasteiger partial charge in [0.05, 0.1) is 15.4 Å². The van der Waals surface area contributed by atoms with E-state index in [1.54, 1.807) is 30.3 Å². The Hall–Kier alpha value is -6.00. The average Bonchev–Trinajstić information content (AvgIpc) is 3.26. The van der Waals surface area contributed by atoms with Gasteiger partial charge in [-0.05, 0) is 90.4 Å². The molecule has 0 radical (unpaired) electrons. The van der Waals surface area contributed by atoms with Gasteiger partial charge in [-0.3, -0.25) is 24.6 Å². The maximum absolute atomic E-state index is 14.0. The number of carbonyl (C=O) groups is 2. The summed E-state index contributed by atoms with van der Waals surface area (Å²) in [6.45, 7) is 5.32. The van der Waals surface area contributed by atoms with Crippen molar-refractivity contribution in [1.29, 1.82) is 0 Å². The van der Waals surface area contributed by atoms with Crippen molar-refractivity contribution in [2.45, 2.75) is 37.1 Å². The van der Waals surface area contributed by atoms with Crippen molar-refractivity contribution in [2.75, 3.05) is 61.5 Å². The Morgan fingerprint density at radius 3 is 2.44 bits per heavy atom. The van der Waals surface area contributed by atoms with Gasteiger partial charge in [0, 0.05) is 93.0 Å². The molecule has 3 N–H and O–H groups in total. The number of benzene rings is 5. The van der Waals surface area contributed by atoms with Gasteiger partial charge in [-0.25, -0.2) is 13.1 Å². The minimum Gasteiger partial charge on any atom is -0.456 e. The number of hydrogen-bond donors (Lipinski definition) is 3. The second-order valence-electron chi connectivity index (χ2n) is 15.3. The van der Waals surface area contributed by atoms with Crippen molar-refractivity contribution in [3.05, 3.63) is 135 Å². The normalized spacial score (nSPS) is 16.0. The number of nitrogens with one attached hydrogen (secondary N) is 3. The van der Waals surface area contributed by atoms with Gasteiger partial charge in [-0.15, -0.1) is 0 Å². The molecule has 3 heterocycles. The Labute approximate surface area is 359 Å². The molecule has 16 heteroatoms. The van der Waals surface area contributed by atoms with Crippen LogP contribution in [0.5, 0.6) is 11.5 Å². The largest absolute Gasteiger partial charge is 0.456 e. The van der Waals surface area contributed by atoms with E-state index in [0.717, 1.165) is 60.9 Å². The molecule has 0 aliphatic carbocycles. The van der Waals surface area contributed by atoms with E-state index in [0.29, 0.717) is 55.7 Å². The fourth-order valence-corrected chi connectivity index (χ4v) is 9.09. The van der Waals surface area contributed by atoms with E-state index in [2.05, 4.69) is 37.3 Å². The predicted octanol–water partition coefficient (Wildman–Crippen LogP) is 7.87. The molecule has 14 nitrogen and oxygen atoms in total. The summed E-state index contributed by atoms with van der Waals surface area (Å²) in [4.78, 5) is 41.7. The summed E-state index contributed by atoms with van der Waals surface area (Å²) in [7, 11) is -4.58. The molecule has 316 valence electrons. The van der Waals surface area contributed by atoms with Crippen LogP contribution in [-0.2, 0) is 32.5 Å². The van der Waals surface area contributed by atoms with E-state index in [1.807, 2.05) is 36.4 Å². The van der Waals surface area contributed by atoms with Crippen LogP contribution in [0.15, 0.2) is 108 Å². The molecular weight excluding hydrogens is 820 g/mol. The van der Waals surface area contributed by atoms with Gasteiger partial charge >= 0.3 is 0 Å². The molecule has 2 saturated heterocycles. The molecule has 0 unspecified atom stereocenters. The number of hydrogen-bond acceptors (Lipinski definition) is 11. The van der Waals surface area contributed by atoms with Crippen LogP contribution in [-0.4, -0.2) is 76.0 Å². The molecule has 5 aromatic carbocycles. The molecule has 2 amide bonds. The van der Waals surface area contributed by atoms with E-state index in [4.69, 9.17) is 21.1 Å². The zero-order chi connectivity index (χ0) is 42.5. The highest BCUT2D eigenvalue weighted by Crippen LogP contribution is 2.38. The van der Waals surface area contributed by atoms with E-state index >= 15 is 0 Å². The van der Waals surface area contributed by atoms with Crippen molar-refractivity contribution in [3.63, 3.8) is 0 Å². The quantitative estimate of drug-likeness (QED) is 0.0777. The Bertz CT molecular complexity index is 2560. The fraction of sp³-hybridized carbons (Fsp3) is 0.289. The third-order valence-electron chi connectivity index (χ3n) is 11.4. The Morgan fingerprint density at radius 1 is 0.902 bits per heavy atom. The number of amides is 2. The van der Waals surface area contributed by atoms with Gasteiger partial charge in [0.15, 0.2) is 0 Å². The smallest absolute Gasteiger partial charge is 0.293 e. The van der Waals surface area contributed by atoms with Crippen molar-refractivity contribution in [2.24, 2.45) is 5.92 Å². The summed E-state index contributed by atoms with van der Waals surface area (Å²) in [5.74, 6) is -0.317. The number of rotatable bonds is 13. The van der Waals surface area contributed by atoms with Crippen molar-refractivity contribution >= 4 is 56.2 Å². The zero-order valence-corrected chi connectivity index (χ0v) is 34.8. The lowest BCUT2D eigenvalue weighted by Crippen LogP contribution is -2.46. The van der Waals surface area contributed by atoms with Crippen LogP contribution in [0.25, 0.3) is 11.1 Å². The van der Waals surface area contributed by atoms with Gasteiger partial charge in [0.1, 0.15) is 17.2 Å². The molecule has 2 fully saturated rings. The first-order valence-electron chi connectivity index (χ1n) is 20.2. The SMILES string of the molecule is O=C1CCc2c(cccc2Oc2cc(N3CCN(Cc4ccccc4-c4ccc(Cl)cc4)CC3)ccc2C(=O)NS(=O)(=O)c2ccc(NCC3CCOCC3)c([N+](=O)[O-])c2)N1. The number of anilines is 3. The molecule has 0 bridgehead atoms. The number of fused-ring (bicyclic) bond motifs is 1. The van der Waals surface area contributed by atoms with Crippen LogP contribution < -0.4 is 25.0 Å². The molecule has 0 spiro atoms. The third-order valence-corrected chi connectivity index (χ3v) is 12.9. The highest BCUT2D eigenvalue weighted by Gasteiger charge is 2.28. The average molecular weight is 865 g/mol. The first-order valence-corrected chi connectivity index (χ1v) is 22.1. The van der Waals surface area contributed by atoms with E-state index < -0.39 is 31.4 Å². The molecule has 8 rings (SSSR count). The van der Waals surface area contributed by atoms with E-state index in [9.17, 15) is 28.1 Å². The lowest BCUT2D eigenvalue weighted by atomic mass is 9.99. The standard InChI is InChI=1S/C45H45ClN6O8S/c46-33-10-8-31(9-11-33)36-5-2-1-4-32(36)29-50-20-22-51(23-21-50)34-12-14-38(43(26-34)60-42-7-3-6-39-37(42)15-17-44(53)48-39)45(54)49-61(57,58)35-13-16-40(41(27-35)52(55)56)47-28-30-18-24-59-25-19-30/h1-14,16,26-27,30,47H,15,17-25,28-29H2,(H,48,53)(H,49,54). The first kappa shape index (κ1) is 41.7. The minimum absolute atomic E-state index is 0.0635. The number of nitro benzene ring substituents is 1. The summed E-state index contributed by atoms with van der Waals surface area (Å²) in [5, 5.41) is 18.7. The lowest BCUT2D eigenvalue weighted by Gasteiger charge is -2.36. The first-order chi connectivity index (χ1) is 29.5. The van der Waals surface area contributed by atoms with Gasteiger partial charge in [-0.1, -0.05) is 54.1 Å². The second kappa shape index (κ2) is 18.3. The summed E-state index contributed by atoms with van der Waals surface area (Å²) in [6.07, 6.45) is 2.29. The van der Waals surface area contributed by atoms with Crippen LogP contribution in [0, 0.1) is 16.0 Å². The molecule has 3 aliphatic heterocycles. The lowest BCUT2D eigenvalue weighted by molar-refractivity contribution is -0.384. The third kappa shape index (κ3) is 9.81. The summed E-state index contributed by atoms with van der Waals surface area (Å²) < 4.78 is 41.4. The van der Waals surface area contributed by atoms with Gasteiger partial charge in [0.25, 0.3) is 21.6 Å². The highest BCUT2D eigenvalue weighted by molar-refractivity contribution is 7.90. The highest BCUT2D eigenvalue weighted by atomic mass is 35.5. The maximum atomic E-state index is 14.0. The fourth-order valence-electron chi connectivity index (χ4n) is 7.98. The summed E-state index contributed by atoms with van der Waals surface area (Å²) in [6, 6.07) is 29.9. The molecular formula is C45H45ClN6O8S. The number of piperazine rings is 1. The molecule has 3 aliphatic rings. The van der Waals surface area contributed by atoms with Crippen LogP contribution in [0.4, 0.5) is 22.7 Å². The monoisotopic (exact) mass is 864 g/mol. The topological polar surface area (TPSA) is 172 Å². The Balaban J connectivity index is 1.02. The predicted molar refractivity (Wildman–Crippen MR) is 234 cm³/mol. The van der Waals surface area contributed by atoms with Crippen LogP contribution in [0.1, 0.15) is 40.7 Å².